The van der Waals surface area contributed by atoms with E-state index in [0.717, 1.165) is 43.6 Å². The Morgan fingerprint density at radius 1 is 1.47 bits per heavy atom. The molecule has 0 aliphatic rings. The van der Waals surface area contributed by atoms with Gasteiger partial charge in [-0.3, -0.25) is 9.48 Å². The Morgan fingerprint density at radius 2 is 2.24 bits per heavy atom. The van der Waals surface area contributed by atoms with Gasteiger partial charge in [0.2, 0.25) is 0 Å². The molecule has 0 amide bonds. The Labute approximate surface area is 102 Å². The number of carboxylic acid groups (broad SMARTS) is 1. The van der Waals surface area contributed by atoms with Gasteiger partial charge < -0.3 is 10.4 Å². The second-order valence-corrected chi connectivity index (χ2v) is 4.15. The maximum Gasteiger partial charge on any atom is 0.303 e. The molecule has 1 aromatic rings. The number of nitrogens with zero attached hydrogens (tertiary/aromatic N) is 2. The van der Waals surface area contributed by atoms with E-state index >= 15 is 0 Å². The highest BCUT2D eigenvalue weighted by Gasteiger charge is 2.04. The van der Waals surface area contributed by atoms with Crippen molar-refractivity contribution in [3.8, 4) is 0 Å². The van der Waals surface area contributed by atoms with Crippen molar-refractivity contribution in [1.82, 2.24) is 9.78 Å². The van der Waals surface area contributed by atoms with Gasteiger partial charge in [-0.15, -0.1) is 0 Å². The van der Waals surface area contributed by atoms with Gasteiger partial charge in [0.05, 0.1) is 11.4 Å². The standard InChI is InChI=1S/C12H21N3O2/c1-3-10-11(9-15(2)14-10)13-8-6-4-5-7-12(16)17/h9,13H,3-8H2,1-2H3,(H,16,17). The van der Waals surface area contributed by atoms with Crippen molar-refractivity contribution in [2.24, 2.45) is 7.05 Å². The molecular formula is C12H21N3O2. The molecular weight excluding hydrogens is 218 g/mol. The van der Waals surface area contributed by atoms with Gasteiger partial charge >= 0.3 is 5.97 Å². The number of hydrogen-bond acceptors (Lipinski definition) is 3. The number of anilines is 1. The number of hydrogen-bond donors (Lipinski definition) is 2. The zero-order valence-corrected chi connectivity index (χ0v) is 10.6. The smallest absolute Gasteiger partial charge is 0.303 e. The summed E-state index contributed by atoms with van der Waals surface area (Å²) in [5.74, 6) is -0.710. The van der Waals surface area contributed by atoms with E-state index < -0.39 is 5.97 Å². The molecule has 17 heavy (non-hydrogen) atoms. The van der Waals surface area contributed by atoms with Crippen LogP contribution in [0.5, 0.6) is 0 Å². The molecule has 96 valence electrons. The summed E-state index contributed by atoms with van der Waals surface area (Å²) in [5, 5.41) is 16.2. The molecule has 0 unspecified atom stereocenters. The fourth-order valence-corrected chi connectivity index (χ4v) is 1.74. The van der Waals surface area contributed by atoms with Crippen LogP contribution >= 0.6 is 0 Å². The molecule has 0 radical (unpaired) electrons. The first-order valence-electron chi connectivity index (χ1n) is 6.11. The molecule has 0 aliphatic carbocycles. The molecule has 0 saturated carbocycles. The fraction of sp³-hybridized carbons (Fsp3) is 0.667. The zero-order valence-electron chi connectivity index (χ0n) is 10.6. The molecule has 1 heterocycles. The van der Waals surface area contributed by atoms with Crippen LogP contribution in [-0.4, -0.2) is 27.4 Å². The van der Waals surface area contributed by atoms with Crippen molar-refractivity contribution in [3.05, 3.63) is 11.9 Å². The predicted molar refractivity (Wildman–Crippen MR) is 67.2 cm³/mol. The Morgan fingerprint density at radius 3 is 2.88 bits per heavy atom. The highest BCUT2D eigenvalue weighted by molar-refractivity contribution is 5.66. The second-order valence-electron chi connectivity index (χ2n) is 4.15. The number of aliphatic carboxylic acids is 1. The lowest BCUT2D eigenvalue weighted by molar-refractivity contribution is -0.137. The van der Waals surface area contributed by atoms with Crippen LogP contribution in [0.1, 0.15) is 38.3 Å². The van der Waals surface area contributed by atoms with Gasteiger partial charge in [-0.25, -0.2) is 0 Å². The summed E-state index contributed by atoms with van der Waals surface area (Å²) < 4.78 is 1.81. The molecule has 0 fully saturated rings. The number of carbonyl (C=O) groups is 1. The van der Waals surface area contributed by atoms with Gasteiger partial charge in [-0.2, -0.15) is 5.10 Å². The molecule has 0 saturated heterocycles. The first-order valence-corrected chi connectivity index (χ1v) is 6.11. The van der Waals surface area contributed by atoms with Crippen molar-refractivity contribution in [2.75, 3.05) is 11.9 Å². The van der Waals surface area contributed by atoms with Gasteiger partial charge in [0.1, 0.15) is 0 Å². The van der Waals surface area contributed by atoms with E-state index in [4.69, 9.17) is 5.11 Å². The van der Waals surface area contributed by atoms with E-state index in [0.29, 0.717) is 0 Å². The maximum atomic E-state index is 10.3. The lowest BCUT2D eigenvalue weighted by Crippen LogP contribution is -2.03. The normalized spacial score (nSPS) is 10.5. The fourth-order valence-electron chi connectivity index (χ4n) is 1.74. The summed E-state index contributed by atoms with van der Waals surface area (Å²) in [6, 6.07) is 0. The number of unbranched alkanes of at least 4 members (excludes halogenated alkanes) is 2. The summed E-state index contributed by atoms with van der Waals surface area (Å²) in [6.07, 6.45) is 5.86. The molecule has 0 bridgehead atoms. The summed E-state index contributed by atoms with van der Waals surface area (Å²) in [4.78, 5) is 10.3. The minimum absolute atomic E-state index is 0.271. The Kier molecular flexibility index (Phi) is 5.52. The van der Waals surface area contributed by atoms with Gasteiger partial charge in [0.15, 0.2) is 0 Å². The Balaban J connectivity index is 2.19. The van der Waals surface area contributed by atoms with E-state index in [9.17, 15) is 4.79 Å². The van der Waals surface area contributed by atoms with Crippen LogP contribution < -0.4 is 5.32 Å². The second kappa shape index (κ2) is 6.93. The number of aromatic nitrogens is 2. The van der Waals surface area contributed by atoms with Crippen LogP contribution in [0, 0.1) is 0 Å². The molecule has 2 N–H and O–H groups in total. The summed E-state index contributed by atoms with van der Waals surface area (Å²) in [7, 11) is 1.91. The van der Waals surface area contributed by atoms with Gasteiger partial charge in [-0.1, -0.05) is 13.3 Å². The monoisotopic (exact) mass is 239 g/mol. The first kappa shape index (κ1) is 13.5. The van der Waals surface area contributed by atoms with E-state index in [2.05, 4.69) is 17.3 Å². The Bertz CT molecular complexity index is 361. The first-order chi connectivity index (χ1) is 8.13. The van der Waals surface area contributed by atoms with E-state index in [1.54, 1.807) is 0 Å². The number of aryl methyl sites for hydroxylation is 2. The van der Waals surface area contributed by atoms with Crippen LogP contribution in [-0.2, 0) is 18.3 Å². The average Bonchev–Trinajstić information content (AvgIpc) is 2.63. The highest BCUT2D eigenvalue weighted by Crippen LogP contribution is 2.13. The van der Waals surface area contributed by atoms with Crippen molar-refractivity contribution >= 4 is 11.7 Å². The molecule has 1 rings (SSSR count). The van der Waals surface area contributed by atoms with E-state index in [1.165, 1.54) is 0 Å². The largest absolute Gasteiger partial charge is 0.481 e. The lowest BCUT2D eigenvalue weighted by atomic mass is 10.2. The topological polar surface area (TPSA) is 67.2 Å². The van der Waals surface area contributed by atoms with Crippen LogP contribution in [0.25, 0.3) is 0 Å². The van der Waals surface area contributed by atoms with Crippen LogP contribution in [0.3, 0.4) is 0 Å². The van der Waals surface area contributed by atoms with Crippen LogP contribution in [0.15, 0.2) is 6.20 Å². The molecule has 0 spiro atoms. The third-order valence-corrected chi connectivity index (χ3v) is 2.62. The Hall–Kier alpha value is -1.52. The summed E-state index contributed by atoms with van der Waals surface area (Å²) in [5.41, 5.74) is 2.17. The molecule has 0 aromatic carbocycles. The lowest BCUT2D eigenvalue weighted by Gasteiger charge is -2.04. The number of nitrogens with one attached hydrogen (secondary N) is 1. The van der Waals surface area contributed by atoms with Gasteiger partial charge in [-0.05, 0) is 19.3 Å². The van der Waals surface area contributed by atoms with Crippen molar-refractivity contribution in [2.45, 2.75) is 39.0 Å². The van der Waals surface area contributed by atoms with Crippen molar-refractivity contribution in [1.29, 1.82) is 0 Å². The van der Waals surface area contributed by atoms with Gasteiger partial charge in [0, 0.05) is 26.2 Å². The van der Waals surface area contributed by atoms with Gasteiger partial charge in [0.25, 0.3) is 0 Å². The van der Waals surface area contributed by atoms with E-state index in [-0.39, 0.29) is 6.42 Å². The van der Waals surface area contributed by atoms with Crippen LogP contribution in [0.4, 0.5) is 5.69 Å². The SMILES string of the molecule is CCc1nn(C)cc1NCCCCCC(=O)O. The summed E-state index contributed by atoms with van der Waals surface area (Å²) in [6.45, 7) is 2.96. The highest BCUT2D eigenvalue weighted by atomic mass is 16.4. The van der Waals surface area contributed by atoms with Crippen molar-refractivity contribution < 1.29 is 9.90 Å². The molecule has 5 nitrogen and oxygen atoms in total. The maximum absolute atomic E-state index is 10.3. The number of rotatable bonds is 8. The quantitative estimate of drug-likeness (QED) is 0.681. The minimum atomic E-state index is -0.710. The molecule has 0 atom stereocenters. The van der Waals surface area contributed by atoms with Crippen molar-refractivity contribution in [3.63, 3.8) is 0 Å². The molecule has 5 heteroatoms. The molecule has 0 aliphatic heterocycles. The predicted octanol–water partition coefficient (Wildman–Crippen LogP) is 2.04. The average molecular weight is 239 g/mol. The number of carboxylic acids is 1. The van der Waals surface area contributed by atoms with E-state index in [1.807, 2.05) is 17.9 Å². The summed E-state index contributed by atoms with van der Waals surface area (Å²) >= 11 is 0. The third kappa shape index (κ3) is 4.89. The zero-order chi connectivity index (χ0) is 12.7. The third-order valence-electron chi connectivity index (χ3n) is 2.62. The molecule has 1 aromatic heterocycles. The minimum Gasteiger partial charge on any atom is -0.481 e. The van der Waals surface area contributed by atoms with Crippen LogP contribution in [0.2, 0.25) is 0 Å².